The zero-order valence-electron chi connectivity index (χ0n) is 17.4. The SMILES string of the molecule is CCCc1ccc(S(=O)(=O)N2CCN(OC(=O)Nc3ccc(C(=N)N)cc3)CC2)cc1. The van der Waals surface area contributed by atoms with Gasteiger partial charge < -0.3 is 10.6 Å². The van der Waals surface area contributed by atoms with E-state index in [1.54, 1.807) is 36.4 Å². The molecule has 0 spiro atoms. The first-order valence-electron chi connectivity index (χ1n) is 10.1. The lowest BCUT2D eigenvalue weighted by molar-refractivity contribution is -0.109. The molecule has 0 bridgehead atoms. The highest BCUT2D eigenvalue weighted by Crippen LogP contribution is 2.19. The van der Waals surface area contributed by atoms with Crippen LogP contribution in [0.5, 0.6) is 0 Å². The number of nitrogen functional groups attached to an aromatic ring is 1. The summed E-state index contributed by atoms with van der Waals surface area (Å²) in [7, 11) is -3.58. The highest BCUT2D eigenvalue weighted by molar-refractivity contribution is 7.89. The minimum atomic E-state index is -3.58. The Bertz CT molecular complexity index is 1010. The number of sulfonamides is 1. The normalized spacial score (nSPS) is 15.4. The van der Waals surface area contributed by atoms with Crippen molar-refractivity contribution in [3.05, 3.63) is 59.7 Å². The van der Waals surface area contributed by atoms with Gasteiger partial charge in [0.2, 0.25) is 10.0 Å². The summed E-state index contributed by atoms with van der Waals surface area (Å²) in [6.07, 6.45) is 1.25. The van der Waals surface area contributed by atoms with Crippen molar-refractivity contribution in [1.82, 2.24) is 9.37 Å². The smallest absolute Gasteiger partial charge is 0.384 e. The Morgan fingerprint density at radius 2 is 1.68 bits per heavy atom. The molecule has 0 aromatic heterocycles. The van der Waals surface area contributed by atoms with Crippen LogP contribution in [0.25, 0.3) is 0 Å². The largest absolute Gasteiger partial charge is 0.430 e. The predicted molar refractivity (Wildman–Crippen MR) is 118 cm³/mol. The molecule has 4 N–H and O–H groups in total. The minimum absolute atomic E-state index is 0.0566. The van der Waals surface area contributed by atoms with Crippen molar-refractivity contribution in [2.45, 2.75) is 24.7 Å². The van der Waals surface area contributed by atoms with Crippen LogP contribution in [0.15, 0.2) is 53.4 Å². The molecule has 31 heavy (non-hydrogen) atoms. The molecular weight excluding hydrogens is 418 g/mol. The van der Waals surface area contributed by atoms with Gasteiger partial charge in [0.25, 0.3) is 0 Å². The van der Waals surface area contributed by atoms with E-state index in [-0.39, 0.29) is 36.9 Å². The number of rotatable bonds is 7. The first kappa shape index (κ1) is 22.7. The summed E-state index contributed by atoms with van der Waals surface area (Å²) >= 11 is 0. The number of hydrogen-bond acceptors (Lipinski definition) is 6. The predicted octanol–water partition coefficient (Wildman–Crippen LogP) is 2.39. The molecule has 3 rings (SSSR count). The summed E-state index contributed by atoms with van der Waals surface area (Å²) in [5, 5.41) is 11.4. The summed E-state index contributed by atoms with van der Waals surface area (Å²) in [6.45, 7) is 3.06. The van der Waals surface area contributed by atoms with Gasteiger partial charge in [0, 0.05) is 37.4 Å². The average molecular weight is 446 g/mol. The Balaban J connectivity index is 1.51. The number of anilines is 1. The average Bonchev–Trinajstić information content (AvgIpc) is 2.75. The number of amides is 1. The molecule has 1 fully saturated rings. The van der Waals surface area contributed by atoms with Crippen LogP contribution >= 0.6 is 0 Å². The molecule has 0 radical (unpaired) electrons. The van der Waals surface area contributed by atoms with E-state index in [1.807, 2.05) is 12.1 Å². The number of amidine groups is 1. The number of benzene rings is 2. The van der Waals surface area contributed by atoms with E-state index >= 15 is 0 Å². The molecule has 1 amide bonds. The van der Waals surface area contributed by atoms with Crippen LogP contribution in [0.1, 0.15) is 24.5 Å². The quantitative estimate of drug-likeness (QED) is 0.443. The van der Waals surface area contributed by atoms with Gasteiger partial charge in [-0.25, -0.2) is 13.2 Å². The van der Waals surface area contributed by atoms with E-state index < -0.39 is 16.1 Å². The van der Waals surface area contributed by atoms with Crippen LogP contribution < -0.4 is 11.1 Å². The van der Waals surface area contributed by atoms with Crippen LogP contribution in [-0.2, 0) is 21.3 Å². The Morgan fingerprint density at radius 3 is 2.23 bits per heavy atom. The first-order chi connectivity index (χ1) is 14.8. The van der Waals surface area contributed by atoms with Gasteiger partial charge in [-0.15, -0.1) is 5.06 Å². The molecule has 10 heteroatoms. The summed E-state index contributed by atoms with van der Waals surface area (Å²) < 4.78 is 27.1. The van der Waals surface area contributed by atoms with Crippen molar-refractivity contribution in [2.75, 3.05) is 31.5 Å². The molecule has 1 saturated heterocycles. The van der Waals surface area contributed by atoms with Gasteiger partial charge in [-0.3, -0.25) is 10.7 Å². The molecule has 2 aromatic rings. The van der Waals surface area contributed by atoms with E-state index in [0.717, 1.165) is 18.4 Å². The zero-order valence-corrected chi connectivity index (χ0v) is 18.2. The topological polar surface area (TPSA) is 129 Å². The molecular formula is C21H27N5O4S. The van der Waals surface area contributed by atoms with Crippen molar-refractivity contribution in [3.8, 4) is 0 Å². The van der Waals surface area contributed by atoms with Crippen LogP contribution in [0.2, 0.25) is 0 Å². The molecule has 9 nitrogen and oxygen atoms in total. The maximum Gasteiger partial charge on any atom is 0.430 e. The number of nitrogens with zero attached hydrogens (tertiary/aromatic N) is 2. The minimum Gasteiger partial charge on any atom is -0.384 e. The molecule has 0 atom stereocenters. The Hall–Kier alpha value is -2.95. The molecule has 1 aliphatic rings. The van der Waals surface area contributed by atoms with Crippen molar-refractivity contribution >= 4 is 27.6 Å². The fourth-order valence-electron chi connectivity index (χ4n) is 3.26. The fourth-order valence-corrected chi connectivity index (χ4v) is 4.68. The van der Waals surface area contributed by atoms with E-state index in [1.165, 1.54) is 9.37 Å². The van der Waals surface area contributed by atoms with E-state index in [2.05, 4.69) is 12.2 Å². The number of hydrogen-bond donors (Lipinski definition) is 3. The Kier molecular flexibility index (Phi) is 7.26. The summed E-state index contributed by atoms with van der Waals surface area (Å²) in [4.78, 5) is 17.7. The van der Waals surface area contributed by atoms with Gasteiger partial charge in [0.1, 0.15) is 5.84 Å². The number of carbonyl (C=O) groups excluding carboxylic acids is 1. The van der Waals surface area contributed by atoms with Crippen LogP contribution in [0.4, 0.5) is 10.5 Å². The fraction of sp³-hybridized carbons (Fsp3) is 0.333. The Morgan fingerprint density at radius 1 is 1.06 bits per heavy atom. The molecule has 0 unspecified atom stereocenters. The zero-order chi connectivity index (χ0) is 22.4. The van der Waals surface area contributed by atoms with Crippen molar-refractivity contribution < 1.29 is 18.0 Å². The van der Waals surface area contributed by atoms with E-state index in [9.17, 15) is 13.2 Å². The maximum atomic E-state index is 12.9. The van der Waals surface area contributed by atoms with E-state index in [4.69, 9.17) is 16.0 Å². The first-order valence-corrected chi connectivity index (χ1v) is 11.5. The van der Waals surface area contributed by atoms with Gasteiger partial charge in [-0.1, -0.05) is 25.5 Å². The Labute approximate surface area is 182 Å². The van der Waals surface area contributed by atoms with E-state index in [0.29, 0.717) is 11.3 Å². The lowest BCUT2D eigenvalue weighted by atomic mass is 10.1. The number of nitrogens with one attached hydrogen (secondary N) is 2. The van der Waals surface area contributed by atoms with Gasteiger partial charge in [0.05, 0.1) is 4.90 Å². The van der Waals surface area contributed by atoms with Crippen LogP contribution in [-0.4, -0.2) is 55.9 Å². The number of nitrogens with two attached hydrogens (primary N) is 1. The number of hydroxylamine groups is 2. The maximum absolute atomic E-state index is 12.9. The molecule has 166 valence electrons. The number of piperazine rings is 1. The van der Waals surface area contributed by atoms with Crippen LogP contribution in [0, 0.1) is 5.41 Å². The molecule has 0 aliphatic carbocycles. The highest BCUT2D eigenvalue weighted by Gasteiger charge is 2.29. The van der Waals surface area contributed by atoms with Gasteiger partial charge in [0.15, 0.2) is 0 Å². The third-order valence-electron chi connectivity index (χ3n) is 4.95. The van der Waals surface area contributed by atoms with Gasteiger partial charge >= 0.3 is 6.09 Å². The summed E-state index contributed by atoms with van der Waals surface area (Å²) in [6, 6.07) is 13.5. The van der Waals surface area contributed by atoms with Gasteiger partial charge in [-0.2, -0.15) is 4.31 Å². The second kappa shape index (κ2) is 9.90. The molecule has 0 saturated carbocycles. The second-order valence-electron chi connectivity index (χ2n) is 7.22. The van der Waals surface area contributed by atoms with Crippen molar-refractivity contribution in [2.24, 2.45) is 5.73 Å². The third-order valence-corrected chi connectivity index (χ3v) is 6.86. The molecule has 1 aliphatic heterocycles. The lowest BCUT2D eigenvalue weighted by Crippen LogP contribution is -2.49. The monoisotopic (exact) mass is 445 g/mol. The summed E-state index contributed by atoms with van der Waals surface area (Å²) in [5.41, 5.74) is 7.57. The standard InChI is InChI=1S/C21H27N5O4S/c1-2-3-16-4-10-19(11-5-16)31(28,29)26-14-12-25(13-15-26)30-21(27)24-18-8-6-17(7-9-18)20(22)23/h4-11H,2-3,12-15H2,1H3,(H3,22,23)(H,24,27). The molecule has 2 aromatic carbocycles. The third kappa shape index (κ3) is 5.81. The van der Waals surface area contributed by atoms with Gasteiger partial charge in [-0.05, 0) is 48.4 Å². The lowest BCUT2D eigenvalue weighted by Gasteiger charge is -2.32. The van der Waals surface area contributed by atoms with Crippen LogP contribution in [0.3, 0.4) is 0 Å². The second-order valence-corrected chi connectivity index (χ2v) is 9.16. The number of carbonyl (C=O) groups is 1. The molecule has 1 heterocycles. The van der Waals surface area contributed by atoms with Crippen molar-refractivity contribution in [1.29, 1.82) is 5.41 Å². The number of aryl methyl sites for hydroxylation is 1. The summed E-state index contributed by atoms with van der Waals surface area (Å²) in [5.74, 6) is -0.0566. The highest BCUT2D eigenvalue weighted by atomic mass is 32.2. The van der Waals surface area contributed by atoms with Crippen molar-refractivity contribution in [3.63, 3.8) is 0 Å².